The van der Waals surface area contributed by atoms with E-state index in [1.54, 1.807) is 11.3 Å². The number of hydrogen-bond donors (Lipinski definition) is 1. The minimum atomic E-state index is 0.543. The normalized spacial score (nSPS) is 10.6. The molecule has 0 saturated heterocycles. The number of anilines is 2. The maximum Gasteiger partial charge on any atom is 0.134 e. The number of hydrogen-bond acceptors (Lipinski definition) is 5. The first kappa shape index (κ1) is 12.8. The Hall–Kier alpha value is -1.62. The van der Waals surface area contributed by atoms with Gasteiger partial charge in [-0.15, -0.1) is 11.3 Å². The predicted molar refractivity (Wildman–Crippen MR) is 76.9 cm³/mol. The van der Waals surface area contributed by atoms with E-state index >= 15 is 0 Å². The number of aromatic nitrogens is 2. The molecule has 0 saturated carbocycles. The predicted octanol–water partition coefficient (Wildman–Crippen LogP) is 2.71. The van der Waals surface area contributed by atoms with E-state index in [4.69, 9.17) is 5.73 Å². The molecular weight excluding hydrogens is 244 g/mol. The molecule has 0 atom stereocenters. The molecule has 18 heavy (non-hydrogen) atoms. The van der Waals surface area contributed by atoms with Crippen LogP contribution in [0.5, 0.6) is 0 Å². The third-order valence-corrected chi connectivity index (χ3v) is 3.59. The Morgan fingerprint density at radius 2 is 2.17 bits per heavy atom. The molecule has 2 heterocycles. The van der Waals surface area contributed by atoms with Gasteiger partial charge in [-0.25, -0.2) is 9.97 Å². The first-order valence-electron chi connectivity index (χ1n) is 6.13. The van der Waals surface area contributed by atoms with Crippen molar-refractivity contribution in [3.8, 4) is 0 Å². The molecule has 2 aromatic rings. The van der Waals surface area contributed by atoms with Gasteiger partial charge in [0, 0.05) is 23.9 Å². The van der Waals surface area contributed by atoms with E-state index in [2.05, 4.69) is 39.3 Å². The van der Waals surface area contributed by atoms with Gasteiger partial charge in [-0.05, 0) is 18.4 Å². The molecule has 2 N–H and O–H groups in total. The smallest absolute Gasteiger partial charge is 0.134 e. The van der Waals surface area contributed by atoms with Crippen LogP contribution < -0.4 is 10.6 Å². The molecule has 0 aliphatic carbocycles. The van der Waals surface area contributed by atoms with Crippen molar-refractivity contribution >= 4 is 23.0 Å². The lowest BCUT2D eigenvalue weighted by atomic mass is 10.3. The number of nitrogen functional groups attached to an aromatic ring is 1. The molecule has 96 valence electrons. The largest absolute Gasteiger partial charge is 0.384 e. The van der Waals surface area contributed by atoms with E-state index in [1.807, 2.05) is 13.0 Å². The van der Waals surface area contributed by atoms with Crippen molar-refractivity contribution in [1.82, 2.24) is 9.97 Å². The first-order chi connectivity index (χ1) is 8.72. The molecule has 2 aromatic heterocycles. The van der Waals surface area contributed by atoms with Gasteiger partial charge in [0.15, 0.2) is 0 Å². The molecule has 0 spiro atoms. The van der Waals surface area contributed by atoms with Gasteiger partial charge < -0.3 is 10.6 Å². The lowest BCUT2D eigenvalue weighted by molar-refractivity contribution is 0.805. The summed E-state index contributed by atoms with van der Waals surface area (Å²) in [5.74, 6) is 2.26. The number of aryl methyl sites for hydroxylation is 1. The first-order valence-corrected chi connectivity index (χ1v) is 7.01. The van der Waals surface area contributed by atoms with Crippen molar-refractivity contribution in [2.45, 2.75) is 26.8 Å². The summed E-state index contributed by atoms with van der Waals surface area (Å²) in [5.41, 5.74) is 5.83. The van der Waals surface area contributed by atoms with Crippen LogP contribution in [0.1, 0.15) is 24.5 Å². The van der Waals surface area contributed by atoms with Crippen LogP contribution in [0.25, 0.3) is 0 Å². The Bertz CT molecular complexity index is 496. The second-order valence-corrected chi connectivity index (χ2v) is 5.05. The zero-order valence-electron chi connectivity index (χ0n) is 10.8. The highest BCUT2D eigenvalue weighted by atomic mass is 32.1. The van der Waals surface area contributed by atoms with E-state index < -0.39 is 0 Å². The summed E-state index contributed by atoms with van der Waals surface area (Å²) in [5, 5.41) is 2.09. The van der Waals surface area contributed by atoms with Crippen molar-refractivity contribution in [3.05, 3.63) is 34.3 Å². The Labute approximate surface area is 111 Å². The molecular formula is C13H18N4S. The summed E-state index contributed by atoms with van der Waals surface area (Å²) in [6.45, 7) is 5.93. The summed E-state index contributed by atoms with van der Waals surface area (Å²) >= 11 is 1.76. The van der Waals surface area contributed by atoms with E-state index in [0.29, 0.717) is 5.82 Å². The molecule has 0 bridgehead atoms. The second-order valence-electron chi connectivity index (χ2n) is 4.01. The van der Waals surface area contributed by atoms with Crippen molar-refractivity contribution in [2.75, 3.05) is 17.2 Å². The van der Waals surface area contributed by atoms with Crippen LogP contribution in [-0.4, -0.2) is 16.5 Å². The molecule has 0 aliphatic heterocycles. The zero-order chi connectivity index (χ0) is 13.0. The van der Waals surface area contributed by atoms with Crippen LogP contribution in [0, 0.1) is 0 Å². The average Bonchev–Trinajstić information content (AvgIpc) is 2.88. The lowest BCUT2D eigenvalue weighted by Gasteiger charge is -2.21. The van der Waals surface area contributed by atoms with Gasteiger partial charge in [0.1, 0.15) is 17.5 Å². The van der Waals surface area contributed by atoms with Gasteiger partial charge in [-0.1, -0.05) is 13.0 Å². The highest BCUT2D eigenvalue weighted by Gasteiger charge is 2.10. The van der Waals surface area contributed by atoms with Gasteiger partial charge in [0.2, 0.25) is 0 Å². The van der Waals surface area contributed by atoms with Gasteiger partial charge in [0.25, 0.3) is 0 Å². The SMILES string of the molecule is CCc1nc(N)cc(N(CC)Cc2cccs2)n1. The van der Waals surface area contributed by atoms with Gasteiger partial charge in [-0.3, -0.25) is 0 Å². The van der Waals surface area contributed by atoms with Gasteiger partial charge in [-0.2, -0.15) is 0 Å². The summed E-state index contributed by atoms with van der Waals surface area (Å²) in [4.78, 5) is 12.3. The van der Waals surface area contributed by atoms with Gasteiger partial charge in [0.05, 0.1) is 6.54 Å². The fraction of sp³-hybridized carbons (Fsp3) is 0.385. The Morgan fingerprint density at radius 1 is 1.33 bits per heavy atom. The molecule has 0 fully saturated rings. The number of nitrogens with two attached hydrogens (primary N) is 1. The van der Waals surface area contributed by atoms with Crippen molar-refractivity contribution in [2.24, 2.45) is 0 Å². The number of nitrogens with zero attached hydrogens (tertiary/aromatic N) is 3. The van der Waals surface area contributed by atoms with Crippen molar-refractivity contribution in [3.63, 3.8) is 0 Å². The van der Waals surface area contributed by atoms with Crippen molar-refractivity contribution in [1.29, 1.82) is 0 Å². The lowest BCUT2D eigenvalue weighted by Crippen LogP contribution is -2.23. The van der Waals surface area contributed by atoms with Crippen LogP contribution in [0.2, 0.25) is 0 Å². The van der Waals surface area contributed by atoms with Crippen LogP contribution >= 0.6 is 11.3 Å². The third kappa shape index (κ3) is 2.98. The van der Waals surface area contributed by atoms with Crippen LogP contribution in [-0.2, 0) is 13.0 Å². The number of rotatable bonds is 5. The maximum atomic E-state index is 5.83. The molecule has 0 radical (unpaired) electrons. The highest BCUT2D eigenvalue weighted by Crippen LogP contribution is 2.19. The van der Waals surface area contributed by atoms with E-state index in [0.717, 1.165) is 31.2 Å². The van der Waals surface area contributed by atoms with Crippen LogP contribution in [0.15, 0.2) is 23.6 Å². The minimum Gasteiger partial charge on any atom is -0.384 e. The fourth-order valence-electron chi connectivity index (χ4n) is 1.77. The number of thiophene rings is 1. The van der Waals surface area contributed by atoms with Crippen LogP contribution in [0.3, 0.4) is 0 Å². The van der Waals surface area contributed by atoms with Crippen molar-refractivity contribution < 1.29 is 0 Å². The third-order valence-electron chi connectivity index (χ3n) is 2.73. The van der Waals surface area contributed by atoms with E-state index in [1.165, 1.54) is 4.88 Å². The Kier molecular flexibility index (Phi) is 4.15. The fourth-order valence-corrected chi connectivity index (χ4v) is 2.49. The van der Waals surface area contributed by atoms with Crippen LogP contribution in [0.4, 0.5) is 11.6 Å². The average molecular weight is 262 g/mol. The monoisotopic (exact) mass is 262 g/mol. The summed E-state index contributed by atoms with van der Waals surface area (Å²) in [7, 11) is 0. The molecule has 0 aromatic carbocycles. The van der Waals surface area contributed by atoms with E-state index in [9.17, 15) is 0 Å². The maximum absolute atomic E-state index is 5.83. The Balaban J connectivity index is 2.24. The summed E-state index contributed by atoms with van der Waals surface area (Å²) in [6, 6.07) is 6.05. The van der Waals surface area contributed by atoms with E-state index in [-0.39, 0.29) is 0 Å². The molecule has 5 heteroatoms. The summed E-state index contributed by atoms with van der Waals surface area (Å²) in [6.07, 6.45) is 0.800. The molecule has 2 rings (SSSR count). The van der Waals surface area contributed by atoms with Gasteiger partial charge >= 0.3 is 0 Å². The standard InChI is InChI=1S/C13H18N4S/c1-3-12-15-11(14)8-13(16-12)17(4-2)9-10-6-5-7-18-10/h5-8H,3-4,9H2,1-2H3,(H2,14,15,16). The minimum absolute atomic E-state index is 0.543. The summed E-state index contributed by atoms with van der Waals surface area (Å²) < 4.78 is 0. The molecule has 0 unspecified atom stereocenters. The molecule has 0 amide bonds. The second kappa shape index (κ2) is 5.82. The zero-order valence-corrected chi connectivity index (χ0v) is 11.6. The molecule has 4 nitrogen and oxygen atoms in total. The Morgan fingerprint density at radius 3 is 2.78 bits per heavy atom. The molecule has 0 aliphatic rings. The quantitative estimate of drug-likeness (QED) is 0.900. The topological polar surface area (TPSA) is 55.0 Å². The highest BCUT2D eigenvalue weighted by molar-refractivity contribution is 7.09.